The van der Waals surface area contributed by atoms with E-state index < -0.39 is 0 Å². The van der Waals surface area contributed by atoms with Crippen molar-refractivity contribution in [1.82, 2.24) is 19.8 Å². The minimum atomic E-state index is 0.124. The molecule has 4 nitrogen and oxygen atoms in total. The van der Waals surface area contributed by atoms with Crippen LogP contribution in [0.1, 0.15) is 57.2 Å². The van der Waals surface area contributed by atoms with Crippen LogP contribution in [0.5, 0.6) is 0 Å². The number of aromatic nitrogens is 2. The summed E-state index contributed by atoms with van der Waals surface area (Å²) >= 11 is 0. The van der Waals surface area contributed by atoms with Crippen molar-refractivity contribution >= 4 is 0 Å². The Morgan fingerprint density at radius 2 is 1.86 bits per heavy atom. The molecule has 0 saturated carbocycles. The van der Waals surface area contributed by atoms with E-state index in [0.29, 0.717) is 0 Å². The molecule has 0 aliphatic carbocycles. The molecule has 1 aromatic heterocycles. The van der Waals surface area contributed by atoms with Crippen molar-refractivity contribution in [2.45, 2.75) is 65.0 Å². The molecule has 1 fully saturated rings. The molecule has 21 heavy (non-hydrogen) atoms. The van der Waals surface area contributed by atoms with Crippen LogP contribution < -0.4 is 5.32 Å². The van der Waals surface area contributed by atoms with Crippen LogP contribution in [-0.2, 0) is 24.9 Å². The molecular formula is C17H30N4. The van der Waals surface area contributed by atoms with Gasteiger partial charge in [-0.3, -0.25) is 0 Å². The molecule has 0 spiro atoms. The third-order valence-corrected chi connectivity index (χ3v) is 4.75. The van der Waals surface area contributed by atoms with E-state index in [4.69, 9.17) is 4.98 Å². The van der Waals surface area contributed by atoms with Crippen molar-refractivity contribution in [2.24, 2.45) is 0 Å². The molecule has 4 heteroatoms. The van der Waals surface area contributed by atoms with E-state index in [0.717, 1.165) is 26.1 Å². The molecule has 3 heterocycles. The van der Waals surface area contributed by atoms with Crippen LogP contribution in [0, 0.1) is 0 Å². The fourth-order valence-corrected chi connectivity index (χ4v) is 3.61. The Labute approximate surface area is 128 Å². The van der Waals surface area contributed by atoms with Crippen LogP contribution in [0.15, 0.2) is 0 Å². The number of nitrogens with zero attached hydrogens (tertiary/aromatic N) is 3. The Morgan fingerprint density at radius 1 is 1.10 bits per heavy atom. The number of hydrogen-bond acceptors (Lipinski definition) is 3. The predicted molar refractivity (Wildman–Crippen MR) is 86.6 cm³/mol. The number of nitrogens with one attached hydrogen (secondary N) is 1. The van der Waals surface area contributed by atoms with Gasteiger partial charge in [0.25, 0.3) is 0 Å². The van der Waals surface area contributed by atoms with Crippen LogP contribution in [0.4, 0.5) is 0 Å². The molecule has 2 aliphatic rings. The van der Waals surface area contributed by atoms with Crippen molar-refractivity contribution in [1.29, 1.82) is 0 Å². The second-order valence-corrected chi connectivity index (χ2v) is 7.56. The molecule has 1 aromatic rings. The Bertz CT molecular complexity index is 478. The topological polar surface area (TPSA) is 33.1 Å². The van der Waals surface area contributed by atoms with E-state index in [1.54, 1.807) is 0 Å². The largest absolute Gasteiger partial charge is 0.330 e. The standard InChI is InChI=1S/C17H30N4/c1-17(2,3)16-19-14-13-18-8-7-15(14)21(16)12-11-20-9-5-4-6-10-20/h18H,4-13H2,1-3H3. The number of piperidine rings is 1. The fourth-order valence-electron chi connectivity index (χ4n) is 3.61. The van der Waals surface area contributed by atoms with Crippen LogP contribution >= 0.6 is 0 Å². The van der Waals surface area contributed by atoms with Gasteiger partial charge in [-0.05, 0) is 25.9 Å². The molecule has 0 radical (unpaired) electrons. The molecular weight excluding hydrogens is 260 g/mol. The van der Waals surface area contributed by atoms with Crippen molar-refractivity contribution in [2.75, 3.05) is 26.2 Å². The summed E-state index contributed by atoms with van der Waals surface area (Å²) in [5, 5.41) is 3.45. The summed E-state index contributed by atoms with van der Waals surface area (Å²) in [6.07, 6.45) is 5.28. The highest BCUT2D eigenvalue weighted by molar-refractivity contribution is 5.23. The normalized spacial score (nSPS) is 20.5. The lowest BCUT2D eigenvalue weighted by atomic mass is 9.95. The highest BCUT2D eigenvalue weighted by atomic mass is 15.2. The highest BCUT2D eigenvalue weighted by Crippen LogP contribution is 2.26. The second-order valence-electron chi connectivity index (χ2n) is 7.56. The molecule has 3 rings (SSSR count). The lowest BCUT2D eigenvalue weighted by molar-refractivity contribution is 0.218. The molecule has 0 aromatic carbocycles. The summed E-state index contributed by atoms with van der Waals surface area (Å²) < 4.78 is 2.53. The maximum Gasteiger partial charge on any atom is 0.114 e. The number of fused-ring (bicyclic) bond motifs is 1. The zero-order chi connectivity index (χ0) is 14.9. The zero-order valence-corrected chi connectivity index (χ0v) is 13.9. The van der Waals surface area contributed by atoms with E-state index in [1.165, 1.54) is 56.1 Å². The molecule has 1 N–H and O–H groups in total. The first-order valence-corrected chi connectivity index (χ1v) is 8.57. The second kappa shape index (κ2) is 6.09. The lowest BCUT2D eigenvalue weighted by Crippen LogP contribution is -2.34. The van der Waals surface area contributed by atoms with Gasteiger partial charge in [-0.1, -0.05) is 27.2 Å². The number of imidazole rings is 1. The summed E-state index contributed by atoms with van der Waals surface area (Å²) in [5.74, 6) is 1.27. The molecule has 0 atom stereocenters. The van der Waals surface area contributed by atoms with Gasteiger partial charge < -0.3 is 14.8 Å². The summed E-state index contributed by atoms with van der Waals surface area (Å²) in [7, 11) is 0. The van der Waals surface area contributed by atoms with Gasteiger partial charge in [0.05, 0.1) is 5.69 Å². The quantitative estimate of drug-likeness (QED) is 0.927. The van der Waals surface area contributed by atoms with E-state index >= 15 is 0 Å². The third-order valence-electron chi connectivity index (χ3n) is 4.75. The Morgan fingerprint density at radius 3 is 2.57 bits per heavy atom. The van der Waals surface area contributed by atoms with E-state index in [9.17, 15) is 0 Å². The first-order valence-electron chi connectivity index (χ1n) is 8.57. The van der Waals surface area contributed by atoms with Crippen molar-refractivity contribution in [3.05, 3.63) is 17.2 Å². The molecule has 0 amide bonds. The summed E-state index contributed by atoms with van der Waals surface area (Å²) in [6.45, 7) is 13.7. The minimum Gasteiger partial charge on any atom is -0.330 e. The van der Waals surface area contributed by atoms with Gasteiger partial charge >= 0.3 is 0 Å². The van der Waals surface area contributed by atoms with Gasteiger partial charge in [-0.15, -0.1) is 0 Å². The Balaban J connectivity index is 1.79. The van der Waals surface area contributed by atoms with Crippen molar-refractivity contribution < 1.29 is 0 Å². The van der Waals surface area contributed by atoms with Crippen LogP contribution in [-0.4, -0.2) is 40.6 Å². The molecule has 118 valence electrons. The van der Waals surface area contributed by atoms with Gasteiger partial charge in [-0.25, -0.2) is 4.98 Å². The lowest BCUT2D eigenvalue weighted by Gasteiger charge is -2.28. The maximum atomic E-state index is 4.97. The number of hydrogen-bond donors (Lipinski definition) is 1. The monoisotopic (exact) mass is 290 g/mol. The van der Waals surface area contributed by atoms with Crippen molar-refractivity contribution in [3.8, 4) is 0 Å². The minimum absolute atomic E-state index is 0.124. The van der Waals surface area contributed by atoms with Gasteiger partial charge in [-0.2, -0.15) is 0 Å². The maximum absolute atomic E-state index is 4.97. The van der Waals surface area contributed by atoms with E-state index in [-0.39, 0.29) is 5.41 Å². The number of rotatable bonds is 3. The first kappa shape index (κ1) is 15.0. The highest BCUT2D eigenvalue weighted by Gasteiger charge is 2.27. The van der Waals surface area contributed by atoms with Gasteiger partial charge in [0.2, 0.25) is 0 Å². The molecule has 0 unspecified atom stereocenters. The van der Waals surface area contributed by atoms with Crippen LogP contribution in [0.3, 0.4) is 0 Å². The zero-order valence-electron chi connectivity index (χ0n) is 13.9. The summed E-state index contributed by atoms with van der Waals surface area (Å²) in [5.41, 5.74) is 2.89. The van der Waals surface area contributed by atoms with E-state index in [2.05, 4.69) is 35.6 Å². The average molecular weight is 290 g/mol. The number of likely N-dealkylation sites (tertiary alicyclic amines) is 1. The predicted octanol–water partition coefficient (Wildman–Crippen LogP) is 2.31. The van der Waals surface area contributed by atoms with Gasteiger partial charge in [0.15, 0.2) is 0 Å². The molecule has 1 saturated heterocycles. The van der Waals surface area contributed by atoms with Gasteiger partial charge in [0.1, 0.15) is 5.82 Å². The van der Waals surface area contributed by atoms with Crippen LogP contribution in [0.2, 0.25) is 0 Å². The Hall–Kier alpha value is -0.870. The molecule has 0 bridgehead atoms. The third kappa shape index (κ3) is 3.32. The first-order chi connectivity index (χ1) is 10.1. The molecule has 2 aliphatic heterocycles. The van der Waals surface area contributed by atoms with Crippen LogP contribution in [0.25, 0.3) is 0 Å². The summed E-state index contributed by atoms with van der Waals surface area (Å²) in [6, 6.07) is 0. The average Bonchev–Trinajstić information content (AvgIpc) is 2.85. The SMILES string of the molecule is CC(C)(C)c1nc2c(n1CCN1CCCCC1)CCNC2. The Kier molecular flexibility index (Phi) is 4.36. The smallest absolute Gasteiger partial charge is 0.114 e. The summed E-state index contributed by atoms with van der Waals surface area (Å²) in [4.78, 5) is 7.60. The van der Waals surface area contributed by atoms with E-state index in [1.807, 2.05) is 0 Å². The fraction of sp³-hybridized carbons (Fsp3) is 0.824. The van der Waals surface area contributed by atoms with Gasteiger partial charge in [0, 0.05) is 43.7 Å². The van der Waals surface area contributed by atoms with Crippen molar-refractivity contribution in [3.63, 3.8) is 0 Å².